The molecule has 0 radical (unpaired) electrons. The number of hydrogen-bond donors (Lipinski definition) is 2. The van der Waals surface area contributed by atoms with Crippen LogP contribution >= 0.6 is 27.8 Å². The summed E-state index contributed by atoms with van der Waals surface area (Å²) in [6.45, 7) is 0. The van der Waals surface area contributed by atoms with Gasteiger partial charge in [0.2, 0.25) is 0 Å². The molecular weight excluding hydrogens is 1000 g/mol. The van der Waals surface area contributed by atoms with Crippen molar-refractivity contribution in [3.63, 3.8) is 0 Å². The second-order valence-electron chi connectivity index (χ2n) is 12.8. The summed E-state index contributed by atoms with van der Waals surface area (Å²) in [5.41, 5.74) is 13.0. The van der Waals surface area contributed by atoms with Crippen molar-refractivity contribution in [1.29, 1.82) is 0 Å². The Morgan fingerprint density at radius 1 is 0.460 bits per heavy atom. The van der Waals surface area contributed by atoms with Crippen LogP contribution in [0.2, 0.25) is 0 Å². The molecule has 9 aromatic rings. The summed E-state index contributed by atoms with van der Waals surface area (Å²) in [6.07, 6.45) is 8.98. The van der Waals surface area contributed by atoms with Crippen LogP contribution in [-0.4, -0.2) is 31.3 Å². The maximum Gasteiger partial charge on any atom is 2.00 e. The Kier molecular flexibility index (Phi) is 14.1. The smallest absolute Gasteiger partial charge is 0.375 e. The van der Waals surface area contributed by atoms with Crippen molar-refractivity contribution < 1.29 is 69.8 Å². The normalized spacial score (nSPS) is 13.5. The molecule has 7 nitrogen and oxygen atoms in total. The molecule has 0 unspecified atom stereocenters. The van der Waals surface area contributed by atoms with Crippen LogP contribution in [-0.2, 0) is 19.5 Å². The first-order valence-corrected chi connectivity index (χ1v) is 21.8. The number of thiocarbonyl (C=S) groups is 1. The van der Waals surface area contributed by atoms with Gasteiger partial charge in [0.05, 0.1) is 28.3 Å². The molecule has 0 amide bonds. The maximum atomic E-state index is 9.87. The molecule has 9 rings (SSSR count). The molecule has 0 saturated carbocycles. The van der Waals surface area contributed by atoms with Crippen LogP contribution in [0.1, 0.15) is 5.56 Å². The number of rotatable bonds is 2. The molecule has 0 fully saturated rings. The molecular formula is C40H29F12N7P2RuS. The Bertz CT molecular complexity index is 2790. The maximum absolute atomic E-state index is 10.7. The Labute approximate surface area is 366 Å². The number of nitrogens with two attached hydrogens (primary N) is 1. The van der Waals surface area contributed by atoms with Gasteiger partial charge in [0.1, 0.15) is 0 Å². The van der Waals surface area contributed by atoms with Gasteiger partial charge in [-0.3, -0.25) is 25.4 Å². The monoisotopic (exact) mass is 1030 g/mol. The molecule has 0 bridgehead atoms. The van der Waals surface area contributed by atoms with E-state index < -0.39 is 15.6 Å². The molecule has 23 heteroatoms. The number of benzene rings is 5. The van der Waals surface area contributed by atoms with Crippen LogP contribution < -0.4 is 11.2 Å². The van der Waals surface area contributed by atoms with E-state index in [0.29, 0.717) is 0 Å². The number of aromatic nitrogens is 4. The van der Waals surface area contributed by atoms with Crippen molar-refractivity contribution in [3.05, 3.63) is 158 Å². The molecule has 0 atom stereocenters. The van der Waals surface area contributed by atoms with Crippen LogP contribution in [0.25, 0.3) is 65.2 Å². The Morgan fingerprint density at radius 3 is 1.02 bits per heavy atom. The zero-order valence-corrected chi connectivity index (χ0v) is 35.9. The van der Waals surface area contributed by atoms with E-state index in [1.165, 1.54) is 10.8 Å². The van der Waals surface area contributed by atoms with Gasteiger partial charge in [-0.05, 0) is 64.1 Å². The largest absolute Gasteiger partial charge is 2.00 e. The van der Waals surface area contributed by atoms with E-state index in [9.17, 15) is 50.4 Å². The second kappa shape index (κ2) is 17.8. The van der Waals surface area contributed by atoms with Crippen molar-refractivity contribution in [2.75, 3.05) is 0 Å². The van der Waals surface area contributed by atoms with Gasteiger partial charge in [-0.2, -0.15) is 5.10 Å². The number of hydrogen-bond acceptors (Lipinski definition) is 6. The van der Waals surface area contributed by atoms with Gasteiger partial charge in [0.25, 0.3) is 0 Å². The van der Waals surface area contributed by atoms with Crippen molar-refractivity contribution in [1.82, 2.24) is 25.4 Å². The third-order valence-corrected chi connectivity index (χ3v) is 7.96. The Hall–Kier alpha value is -5.74. The van der Waals surface area contributed by atoms with Crippen molar-refractivity contribution in [2.45, 2.75) is 0 Å². The number of halogens is 12. The molecule has 63 heavy (non-hydrogen) atoms. The van der Waals surface area contributed by atoms with E-state index >= 15 is 0 Å². The molecule has 0 spiro atoms. The van der Waals surface area contributed by atoms with Crippen molar-refractivity contribution in [3.8, 4) is 0 Å². The van der Waals surface area contributed by atoms with E-state index in [-0.39, 0.29) is 24.6 Å². The third kappa shape index (κ3) is 17.9. The second-order valence-corrected chi connectivity index (χ2v) is 17.1. The molecule has 5 aromatic carbocycles. The standard InChI is InChI=1S/C16H13N3S.2C12H8N2.2F6P.Ru/c17-16(20)19-18-10-15-13-7-3-1-5-11(13)9-12-6-2-4-8-14(12)15;2*1-3-9-5-6-10-4-2-8-14-12(10)11(9)13-7-1;2*1-7(2,3,4,5)6;/h1-10H,(H3,17,19,20);2*1-8H;;;/q;;;2*-1;+2/b18-10-;;;;;. The van der Waals surface area contributed by atoms with Crippen LogP contribution in [0.5, 0.6) is 0 Å². The minimum absolute atomic E-state index is 0. The zero-order valence-electron chi connectivity index (χ0n) is 31.5. The fourth-order valence-corrected chi connectivity index (χ4v) is 5.76. The van der Waals surface area contributed by atoms with Gasteiger partial charge in [-0.15, -0.1) is 0 Å². The van der Waals surface area contributed by atoms with Gasteiger partial charge in [-0.25, -0.2) is 0 Å². The molecule has 0 saturated heterocycles. The first-order valence-electron chi connectivity index (χ1n) is 17.3. The summed E-state index contributed by atoms with van der Waals surface area (Å²) < 4.78 is 118. The van der Waals surface area contributed by atoms with Gasteiger partial charge in [0, 0.05) is 51.9 Å². The Balaban J connectivity index is 0.000000182. The first kappa shape index (κ1) is 49.9. The number of fused-ring (bicyclic) bond motifs is 8. The Morgan fingerprint density at radius 2 is 0.730 bits per heavy atom. The summed E-state index contributed by atoms with van der Waals surface area (Å²) >= 11 is 4.76. The van der Waals surface area contributed by atoms with Gasteiger partial charge < -0.3 is 5.73 Å². The van der Waals surface area contributed by atoms with E-state index in [1.54, 1.807) is 31.0 Å². The molecule has 4 heterocycles. The zero-order chi connectivity index (χ0) is 45.5. The molecule has 4 aromatic heterocycles. The van der Waals surface area contributed by atoms with Crippen LogP contribution in [0, 0.1) is 0 Å². The quantitative estimate of drug-likeness (QED) is 0.0260. The number of hydrazone groups is 1. The summed E-state index contributed by atoms with van der Waals surface area (Å²) in [6, 6.07) is 42.9. The van der Waals surface area contributed by atoms with Crippen molar-refractivity contribution >= 4 is 104 Å². The summed E-state index contributed by atoms with van der Waals surface area (Å²) in [5.74, 6) is 0. The van der Waals surface area contributed by atoms with Gasteiger partial charge in [-0.1, -0.05) is 97.1 Å². The summed E-state index contributed by atoms with van der Waals surface area (Å²) in [4.78, 5) is 17.4. The third-order valence-electron chi connectivity index (χ3n) is 7.87. The van der Waals surface area contributed by atoms with E-state index in [2.05, 4.69) is 109 Å². The van der Waals surface area contributed by atoms with Crippen LogP contribution in [0.15, 0.2) is 157 Å². The molecule has 0 aliphatic heterocycles. The topological polar surface area (TPSA) is 102 Å². The molecule has 0 aliphatic carbocycles. The van der Waals surface area contributed by atoms with Crippen molar-refractivity contribution in [2.24, 2.45) is 10.8 Å². The summed E-state index contributed by atoms with van der Waals surface area (Å²) in [7, 11) is -21.3. The number of nitrogens with zero attached hydrogens (tertiary/aromatic N) is 5. The number of nitrogens with one attached hydrogen (secondary N) is 1. The first-order chi connectivity index (χ1) is 28.6. The SMILES string of the molecule is F[P-](F)(F)(F)(F)F.F[P-](F)(F)(F)(F)F.NC(=S)N/N=C\c1c2ccccc2cc2ccccc12.[Ru+2].c1cnc2c(c1)ccc1cccnc12.c1cnc2c(c1)ccc1cccnc12. The van der Waals surface area contributed by atoms with Crippen LogP contribution in [0.4, 0.5) is 50.4 Å². The van der Waals surface area contributed by atoms with Gasteiger partial charge >= 0.3 is 85.5 Å². The minimum atomic E-state index is -10.7. The minimum Gasteiger partial charge on any atom is -0.375 e. The molecule has 332 valence electrons. The van der Waals surface area contributed by atoms with Crippen LogP contribution in [0.3, 0.4) is 0 Å². The van der Waals surface area contributed by atoms with E-state index in [4.69, 9.17) is 18.0 Å². The summed E-state index contributed by atoms with van der Waals surface area (Å²) in [5, 5.41) is 13.5. The molecule has 0 aliphatic rings. The predicted molar refractivity (Wildman–Crippen MR) is 230 cm³/mol. The molecule has 3 N–H and O–H groups in total. The van der Waals surface area contributed by atoms with E-state index in [0.717, 1.165) is 59.9 Å². The van der Waals surface area contributed by atoms with Gasteiger partial charge in [0.15, 0.2) is 5.11 Å². The average molecular weight is 1030 g/mol. The predicted octanol–water partition coefficient (Wildman–Crippen LogP) is 15.5. The fraction of sp³-hybridized carbons (Fsp3) is 0. The number of pyridine rings is 4. The fourth-order valence-electron chi connectivity index (χ4n) is 5.71. The average Bonchev–Trinajstić information content (AvgIpc) is 3.18. The van der Waals surface area contributed by atoms with E-state index in [1.807, 2.05) is 48.5 Å².